The van der Waals surface area contributed by atoms with E-state index in [0.29, 0.717) is 17.7 Å². The molecular formula is C31H38FN3O5. The van der Waals surface area contributed by atoms with Gasteiger partial charge in [-0.3, -0.25) is 4.90 Å². The number of esters is 1. The molecule has 0 saturated carbocycles. The quantitative estimate of drug-likeness (QED) is 0.270. The fourth-order valence-electron chi connectivity index (χ4n) is 5.27. The summed E-state index contributed by atoms with van der Waals surface area (Å²) in [6, 6.07) is 9.21. The Labute approximate surface area is 234 Å². The number of aromatic nitrogens is 2. The second-order valence-electron chi connectivity index (χ2n) is 11.8. The first-order valence-corrected chi connectivity index (χ1v) is 13.3. The van der Waals surface area contributed by atoms with Crippen LogP contribution < -0.4 is 4.74 Å². The highest BCUT2D eigenvalue weighted by molar-refractivity contribution is 5.91. The lowest BCUT2D eigenvalue weighted by molar-refractivity contribution is -0.134. The van der Waals surface area contributed by atoms with Gasteiger partial charge < -0.3 is 14.2 Å². The molecule has 9 heteroatoms. The Balaban J connectivity index is 1.86. The summed E-state index contributed by atoms with van der Waals surface area (Å²) < 4.78 is 32.5. The minimum atomic E-state index is -1.44. The van der Waals surface area contributed by atoms with Crippen molar-refractivity contribution in [2.45, 2.75) is 71.3 Å². The van der Waals surface area contributed by atoms with Crippen molar-refractivity contribution in [3.63, 3.8) is 0 Å². The van der Waals surface area contributed by atoms with Gasteiger partial charge >= 0.3 is 12.1 Å². The third-order valence-corrected chi connectivity index (χ3v) is 6.88. The first-order chi connectivity index (χ1) is 18.7. The smallest absolute Gasteiger partial charge is 0.435 e. The van der Waals surface area contributed by atoms with E-state index in [-0.39, 0.29) is 18.6 Å². The lowest BCUT2D eigenvalue weighted by Gasteiger charge is -2.44. The number of nitrogens with zero attached hydrogens (tertiary/aromatic N) is 3. The number of benzene rings is 2. The molecule has 0 spiro atoms. The van der Waals surface area contributed by atoms with Crippen LogP contribution in [0.25, 0.3) is 17.0 Å². The lowest BCUT2D eigenvalue weighted by atomic mass is 9.82. The average molecular weight is 552 g/mol. The average Bonchev–Trinajstić information content (AvgIpc) is 3.31. The number of halogens is 1. The zero-order chi connectivity index (χ0) is 29.4. The Kier molecular flexibility index (Phi) is 8.08. The Hall–Kier alpha value is -3.72. The van der Waals surface area contributed by atoms with Crippen LogP contribution in [0, 0.1) is 0 Å². The maximum absolute atomic E-state index is 15.2. The Morgan fingerprint density at radius 1 is 1.10 bits per heavy atom. The molecule has 0 N–H and O–H groups in total. The summed E-state index contributed by atoms with van der Waals surface area (Å²) in [5, 5.41) is 5.23. The number of methoxy groups -OCH3 is 2. The zero-order valence-corrected chi connectivity index (χ0v) is 24.4. The highest BCUT2D eigenvalue weighted by atomic mass is 19.1. The second-order valence-corrected chi connectivity index (χ2v) is 11.8. The van der Waals surface area contributed by atoms with Gasteiger partial charge in [0, 0.05) is 29.6 Å². The van der Waals surface area contributed by atoms with Crippen LogP contribution in [0.15, 0.2) is 42.6 Å². The van der Waals surface area contributed by atoms with E-state index in [9.17, 15) is 9.59 Å². The van der Waals surface area contributed by atoms with Crippen molar-refractivity contribution < 1.29 is 28.2 Å². The molecule has 214 valence electrons. The first kappa shape index (κ1) is 29.3. The molecule has 0 unspecified atom stereocenters. The van der Waals surface area contributed by atoms with E-state index in [1.807, 2.05) is 51.1 Å². The van der Waals surface area contributed by atoms with Gasteiger partial charge in [0.05, 0.1) is 32.0 Å². The number of hydrogen-bond acceptors (Lipinski definition) is 7. The summed E-state index contributed by atoms with van der Waals surface area (Å²) in [6.07, 6.45) is 4.83. The molecule has 0 aliphatic carbocycles. The molecule has 4 rings (SSSR count). The van der Waals surface area contributed by atoms with Crippen molar-refractivity contribution in [2.75, 3.05) is 20.8 Å². The predicted octanol–water partition coefficient (Wildman–Crippen LogP) is 6.10. The molecule has 0 bridgehead atoms. The van der Waals surface area contributed by atoms with E-state index in [1.54, 1.807) is 33.2 Å². The van der Waals surface area contributed by atoms with Crippen molar-refractivity contribution in [1.82, 2.24) is 14.7 Å². The summed E-state index contributed by atoms with van der Waals surface area (Å²) in [4.78, 5) is 26.6. The molecule has 1 aliphatic rings. The summed E-state index contributed by atoms with van der Waals surface area (Å²) in [5.41, 5.74) is 2.25. The first-order valence-electron chi connectivity index (χ1n) is 13.3. The fourth-order valence-corrected chi connectivity index (χ4v) is 5.27. The minimum absolute atomic E-state index is 0.0217. The van der Waals surface area contributed by atoms with Crippen LogP contribution in [0.1, 0.15) is 69.8 Å². The van der Waals surface area contributed by atoms with Crippen molar-refractivity contribution in [3.8, 4) is 5.75 Å². The van der Waals surface area contributed by atoms with Crippen LogP contribution >= 0.6 is 0 Å². The van der Waals surface area contributed by atoms with Crippen LogP contribution in [0.4, 0.5) is 9.18 Å². The minimum Gasteiger partial charge on any atom is -0.496 e. The van der Waals surface area contributed by atoms with Crippen molar-refractivity contribution in [2.24, 2.45) is 0 Å². The maximum Gasteiger partial charge on any atom is 0.435 e. The largest absolute Gasteiger partial charge is 0.496 e. The van der Waals surface area contributed by atoms with E-state index >= 15 is 4.39 Å². The van der Waals surface area contributed by atoms with Gasteiger partial charge in [0.2, 0.25) is 0 Å². The third kappa shape index (κ3) is 6.20. The van der Waals surface area contributed by atoms with Gasteiger partial charge in [0.1, 0.15) is 17.0 Å². The van der Waals surface area contributed by atoms with Gasteiger partial charge in [-0.1, -0.05) is 18.2 Å². The van der Waals surface area contributed by atoms with Crippen molar-refractivity contribution in [1.29, 1.82) is 0 Å². The van der Waals surface area contributed by atoms with Gasteiger partial charge in [-0.05, 0) is 82.9 Å². The Morgan fingerprint density at radius 3 is 2.42 bits per heavy atom. The molecule has 1 aliphatic heterocycles. The Morgan fingerprint density at radius 2 is 1.80 bits per heavy atom. The highest BCUT2D eigenvalue weighted by Crippen LogP contribution is 2.44. The molecular weight excluding hydrogens is 513 g/mol. The number of rotatable bonds is 6. The van der Waals surface area contributed by atoms with Crippen LogP contribution in [-0.2, 0) is 20.7 Å². The predicted molar refractivity (Wildman–Crippen MR) is 152 cm³/mol. The topological polar surface area (TPSA) is 82.9 Å². The molecule has 0 fully saturated rings. The summed E-state index contributed by atoms with van der Waals surface area (Å²) in [6.45, 7) is 10.9. The third-order valence-electron chi connectivity index (χ3n) is 6.88. The van der Waals surface area contributed by atoms with Crippen LogP contribution in [0.3, 0.4) is 0 Å². The second kappa shape index (κ2) is 11.0. The van der Waals surface area contributed by atoms with Gasteiger partial charge in [-0.2, -0.15) is 9.78 Å². The number of fused-ring (bicyclic) bond motifs is 3. The molecule has 2 atom stereocenters. The fraction of sp³-hybridized carbons (Fsp3) is 0.452. The number of carbonyl (C=O) groups excluding carboxylic acids is 2. The Bertz CT molecular complexity index is 1450. The van der Waals surface area contributed by atoms with Gasteiger partial charge in [-0.25, -0.2) is 14.0 Å². The molecule has 2 heterocycles. The molecule has 8 nitrogen and oxygen atoms in total. The van der Waals surface area contributed by atoms with Crippen molar-refractivity contribution >= 4 is 29.0 Å². The molecule has 40 heavy (non-hydrogen) atoms. The van der Waals surface area contributed by atoms with E-state index in [2.05, 4.69) is 16.9 Å². The van der Waals surface area contributed by atoms with E-state index in [4.69, 9.17) is 14.2 Å². The molecule has 2 aromatic carbocycles. The molecule has 3 aromatic rings. The van der Waals surface area contributed by atoms with Crippen LogP contribution in [-0.4, -0.2) is 64.8 Å². The SMILES string of the molecule is COC(=O)/C=C/c1ccc([C@@H]2c3ccc4c(cnn4C(=O)OC(C)(C)C)c3C[C@@H](C)N2CC(C)(C)F)c(OC)c1. The van der Waals surface area contributed by atoms with E-state index in [1.165, 1.54) is 17.9 Å². The summed E-state index contributed by atoms with van der Waals surface area (Å²) in [5.74, 6) is 0.161. The molecule has 0 radical (unpaired) electrons. The molecule has 0 amide bonds. The normalized spacial score (nSPS) is 18.1. The molecule has 0 saturated heterocycles. The lowest BCUT2D eigenvalue weighted by Crippen LogP contribution is -2.47. The van der Waals surface area contributed by atoms with Gasteiger partial charge in [-0.15, -0.1) is 0 Å². The van der Waals surface area contributed by atoms with Gasteiger partial charge in [0.15, 0.2) is 0 Å². The maximum atomic E-state index is 15.2. The number of carbonyl (C=O) groups is 2. The van der Waals surface area contributed by atoms with Crippen molar-refractivity contribution in [3.05, 3.63) is 64.9 Å². The highest BCUT2D eigenvalue weighted by Gasteiger charge is 2.39. The van der Waals surface area contributed by atoms with E-state index in [0.717, 1.165) is 27.6 Å². The van der Waals surface area contributed by atoms with Gasteiger partial charge in [0.25, 0.3) is 0 Å². The number of ether oxygens (including phenoxy) is 3. The van der Waals surface area contributed by atoms with E-state index < -0.39 is 23.3 Å². The summed E-state index contributed by atoms with van der Waals surface area (Å²) in [7, 11) is 2.92. The summed E-state index contributed by atoms with van der Waals surface area (Å²) >= 11 is 0. The monoisotopic (exact) mass is 551 g/mol. The zero-order valence-electron chi connectivity index (χ0n) is 24.4. The van der Waals surface area contributed by atoms with Crippen LogP contribution in [0.5, 0.6) is 5.75 Å². The standard InChI is InChI=1S/C31H38FN3O5/c1-19-15-23-21(12-13-25-24(23)17-33-35(25)29(37)40-30(2,3)4)28(34(19)18-31(5,6)32)22-11-9-20(16-26(22)38-7)10-14-27(36)39-8/h9-14,16-17,19,28H,15,18H2,1-8H3/b14-10+/t19-,28+/m1/s1. The number of hydrogen-bond donors (Lipinski definition) is 0. The number of alkyl halides is 1. The molecule has 1 aromatic heterocycles. The van der Waals surface area contributed by atoms with Crippen LogP contribution in [0.2, 0.25) is 0 Å².